The van der Waals surface area contributed by atoms with Gasteiger partial charge in [-0.1, -0.05) is 15.9 Å². The Morgan fingerprint density at radius 2 is 2.27 bits per heavy atom. The number of pyridine rings is 1. The molecule has 0 aliphatic rings. The maximum atomic E-state index is 12.4. The van der Waals surface area contributed by atoms with Gasteiger partial charge in [-0.15, -0.1) is 0 Å². The molecule has 1 rings (SSSR count). The minimum atomic E-state index is -2.86. The van der Waals surface area contributed by atoms with Crippen LogP contribution in [-0.4, -0.2) is 9.91 Å². The van der Waals surface area contributed by atoms with Crippen molar-refractivity contribution in [2.45, 2.75) is 11.8 Å². The van der Waals surface area contributed by atoms with E-state index in [0.29, 0.717) is 6.07 Å². The number of hydrogen-bond acceptors (Lipinski definition) is 4. The molecule has 0 aliphatic heterocycles. The molecule has 8 heteroatoms. The van der Waals surface area contributed by atoms with E-state index in [9.17, 15) is 18.9 Å². The van der Waals surface area contributed by atoms with E-state index in [1.165, 1.54) is 0 Å². The molecule has 0 saturated carbocycles. The Labute approximate surface area is 91.6 Å². The molecule has 15 heavy (non-hydrogen) atoms. The van der Waals surface area contributed by atoms with Crippen molar-refractivity contribution in [2.24, 2.45) is 0 Å². The Kier molecular flexibility index (Phi) is 3.51. The first-order valence-electron chi connectivity index (χ1n) is 3.75. The molecular weight excluding hydrogens is 276 g/mol. The van der Waals surface area contributed by atoms with E-state index < -0.39 is 22.7 Å². The topological polar surface area (TPSA) is 82.0 Å². The van der Waals surface area contributed by atoms with E-state index in [1.807, 2.05) is 0 Å². The summed E-state index contributed by atoms with van der Waals surface area (Å²) in [7, 11) is 0. The van der Waals surface area contributed by atoms with Crippen LogP contribution in [0.3, 0.4) is 0 Å². The van der Waals surface area contributed by atoms with Crippen LogP contribution in [-0.2, 0) is 5.33 Å². The van der Waals surface area contributed by atoms with Crippen molar-refractivity contribution in [1.29, 1.82) is 0 Å². The van der Waals surface area contributed by atoms with Gasteiger partial charge < -0.3 is 15.8 Å². The molecule has 0 radical (unpaired) electrons. The zero-order valence-corrected chi connectivity index (χ0v) is 8.87. The summed E-state index contributed by atoms with van der Waals surface area (Å²) >= 11 is 2.96. The van der Waals surface area contributed by atoms with Gasteiger partial charge in [-0.3, -0.25) is 0 Å². The molecule has 0 amide bonds. The lowest BCUT2D eigenvalue weighted by molar-refractivity contribution is -0.389. The first-order chi connectivity index (χ1) is 6.97. The van der Waals surface area contributed by atoms with E-state index in [4.69, 9.17) is 5.73 Å². The van der Waals surface area contributed by atoms with Gasteiger partial charge >= 0.3 is 5.82 Å². The van der Waals surface area contributed by atoms with Crippen LogP contribution in [0, 0.1) is 10.1 Å². The summed E-state index contributed by atoms with van der Waals surface area (Å²) in [5.41, 5.74) is 4.63. The van der Waals surface area contributed by atoms with E-state index in [0.717, 1.165) is 0 Å². The van der Waals surface area contributed by atoms with Gasteiger partial charge in [-0.2, -0.15) is 0 Å². The molecule has 1 aromatic rings. The molecule has 5 nitrogen and oxygen atoms in total. The van der Waals surface area contributed by atoms with Crippen molar-refractivity contribution in [2.75, 3.05) is 5.73 Å². The quantitative estimate of drug-likeness (QED) is 0.524. The van der Waals surface area contributed by atoms with Gasteiger partial charge in [0.05, 0.1) is 16.6 Å². The minimum Gasteiger partial charge on any atom is -0.395 e. The average molecular weight is 282 g/mol. The highest BCUT2D eigenvalue weighted by Gasteiger charge is 2.22. The van der Waals surface area contributed by atoms with Crippen LogP contribution in [0.2, 0.25) is 0 Å². The van der Waals surface area contributed by atoms with Crippen LogP contribution < -0.4 is 5.73 Å². The summed E-state index contributed by atoms with van der Waals surface area (Å²) in [6, 6.07) is 0.687. The molecule has 1 aromatic heterocycles. The van der Waals surface area contributed by atoms with Crippen molar-refractivity contribution in [3.8, 4) is 0 Å². The lowest BCUT2D eigenvalue weighted by Crippen LogP contribution is -2.05. The number of alkyl halides is 3. The second kappa shape index (κ2) is 4.47. The molecule has 0 spiro atoms. The molecule has 0 aromatic carbocycles. The van der Waals surface area contributed by atoms with Gasteiger partial charge in [-0.25, -0.2) is 8.78 Å². The zero-order valence-electron chi connectivity index (χ0n) is 7.28. The fourth-order valence-electron chi connectivity index (χ4n) is 0.990. The second-order valence-electron chi connectivity index (χ2n) is 2.62. The molecule has 0 saturated heterocycles. The smallest absolute Gasteiger partial charge is 0.364 e. The van der Waals surface area contributed by atoms with Gasteiger partial charge in [0.1, 0.15) is 0 Å². The summed E-state index contributed by atoms with van der Waals surface area (Å²) in [5, 5.41) is 10.5. The molecule has 0 atom stereocenters. The standard InChI is InChI=1S/C7H6BrF2N3O2/c8-2-4-6(11)3(7(9)10)1-5(12-4)13(14)15/h1,7H,2,11H2. The Balaban J connectivity index is 3.38. The van der Waals surface area contributed by atoms with Crippen LogP contribution in [0.4, 0.5) is 20.3 Å². The lowest BCUT2D eigenvalue weighted by Gasteiger charge is -2.05. The predicted octanol–water partition coefficient (Wildman–Crippen LogP) is 2.40. The molecule has 1 heterocycles. The average Bonchev–Trinajstić information content (AvgIpc) is 2.17. The van der Waals surface area contributed by atoms with E-state index in [2.05, 4.69) is 20.9 Å². The largest absolute Gasteiger partial charge is 0.395 e. The number of aromatic nitrogens is 1. The van der Waals surface area contributed by atoms with Crippen LogP contribution >= 0.6 is 15.9 Å². The van der Waals surface area contributed by atoms with Crippen molar-refractivity contribution < 1.29 is 13.7 Å². The number of rotatable bonds is 3. The predicted molar refractivity (Wildman–Crippen MR) is 52.9 cm³/mol. The monoisotopic (exact) mass is 281 g/mol. The highest BCUT2D eigenvalue weighted by Crippen LogP contribution is 2.30. The molecule has 0 bridgehead atoms. The van der Waals surface area contributed by atoms with Crippen LogP contribution in [0.1, 0.15) is 17.7 Å². The van der Waals surface area contributed by atoms with E-state index in [-0.39, 0.29) is 16.7 Å². The van der Waals surface area contributed by atoms with Gasteiger partial charge in [0.15, 0.2) is 5.69 Å². The van der Waals surface area contributed by atoms with Crippen molar-refractivity contribution >= 4 is 27.4 Å². The lowest BCUT2D eigenvalue weighted by atomic mass is 10.2. The van der Waals surface area contributed by atoms with Crippen LogP contribution in [0.15, 0.2) is 6.07 Å². The van der Waals surface area contributed by atoms with Crippen LogP contribution in [0.5, 0.6) is 0 Å². The Morgan fingerprint density at radius 1 is 1.67 bits per heavy atom. The fraction of sp³-hybridized carbons (Fsp3) is 0.286. The first kappa shape index (κ1) is 11.8. The van der Waals surface area contributed by atoms with E-state index >= 15 is 0 Å². The molecule has 2 N–H and O–H groups in total. The number of nitrogen functional groups attached to an aromatic ring is 1. The maximum absolute atomic E-state index is 12.4. The number of anilines is 1. The normalized spacial score (nSPS) is 10.7. The van der Waals surface area contributed by atoms with Gasteiger partial charge in [0.25, 0.3) is 6.43 Å². The summed E-state index contributed by atoms with van der Waals surface area (Å²) in [6.45, 7) is 0. The number of halogens is 3. The Morgan fingerprint density at radius 3 is 2.67 bits per heavy atom. The highest BCUT2D eigenvalue weighted by atomic mass is 79.9. The highest BCUT2D eigenvalue weighted by molar-refractivity contribution is 9.08. The van der Waals surface area contributed by atoms with Crippen LogP contribution in [0.25, 0.3) is 0 Å². The Bertz CT molecular complexity index is 400. The zero-order chi connectivity index (χ0) is 11.6. The molecule has 0 fully saturated rings. The second-order valence-corrected chi connectivity index (χ2v) is 3.18. The molecular formula is C7H6BrF2N3O2. The summed E-state index contributed by atoms with van der Waals surface area (Å²) < 4.78 is 24.9. The van der Waals surface area contributed by atoms with Gasteiger partial charge in [0.2, 0.25) is 0 Å². The molecule has 0 aliphatic carbocycles. The summed E-state index contributed by atoms with van der Waals surface area (Å²) in [4.78, 5) is 13.1. The third-order valence-corrected chi connectivity index (χ3v) is 2.24. The van der Waals surface area contributed by atoms with Crippen molar-refractivity contribution in [3.05, 3.63) is 27.4 Å². The minimum absolute atomic E-state index is 0.0412. The molecule has 82 valence electrons. The SMILES string of the molecule is Nc1c(C(F)F)cc([N+](=O)[O-])nc1CBr. The number of hydrogen-bond donors (Lipinski definition) is 1. The fourth-order valence-corrected chi connectivity index (χ4v) is 1.42. The third kappa shape index (κ3) is 2.38. The maximum Gasteiger partial charge on any atom is 0.364 e. The van der Waals surface area contributed by atoms with Crippen molar-refractivity contribution in [1.82, 2.24) is 4.98 Å². The number of nitrogens with zero attached hydrogens (tertiary/aromatic N) is 2. The van der Waals surface area contributed by atoms with Gasteiger partial charge in [0, 0.05) is 6.07 Å². The molecule has 0 unspecified atom stereocenters. The Hall–Kier alpha value is -1.31. The van der Waals surface area contributed by atoms with Crippen molar-refractivity contribution in [3.63, 3.8) is 0 Å². The number of nitrogens with two attached hydrogens (primary N) is 1. The summed E-state index contributed by atoms with van der Waals surface area (Å²) in [5.74, 6) is -0.631. The number of nitro groups is 1. The third-order valence-electron chi connectivity index (χ3n) is 1.70. The summed E-state index contributed by atoms with van der Waals surface area (Å²) in [6.07, 6.45) is -2.86. The van der Waals surface area contributed by atoms with E-state index in [1.54, 1.807) is 0 Å². The first-order valence-corrected chi connectivity index (χ1v) is 4.87. The van der Waals surface area contributed by atoms with Gasteiger partial charge in [-0.05, 0) is 9.91 Å².